The van der Waals surface area contributed by atoms with Crippen molar-refractivity contribution in [1.29, 1.82) is 0 Å². The van der Waals surface area contributed by atoms with Crippen LogP contribution >= 0.6 is 0 Å². The van der Waals surface area contributed by atoms with Gasteiger partial charge in [-0.2, -0.15) is 0 Å². The zero-order chi connectivity index (χ0) is 15.2. The topological polar surface area (TPSA) is 78.5 Å². The standard InChI is InChI=1S/C15H19N3O3/c1-11(19)17-13-5-3-12(4-6-13)9-15(21)18-8-2-7-16-14(20)10-18/h3-6H,2,7-10H2,1H3,(H,16,20)(H,17,19). The van der Waals surface area contributed by atoms with Crippen LogP contribution in [0.1, 0.15) is 18.9 Å². The molecule has 0 saturated carbocycles. The van der Waals surface area contributed by atoms with Crippen molar-refractivity contribution in [3.63, 3.8) is 0 Å². The second-order valence-corrected chi connectivity index (χ2v) is 5.07. The maximum atomic E-state index is 12.2. The molecule has 21 heavy (non-hydrogen) atoms. The molecule has 1 saturated heterocycles. The molecule has 6 nitrogen and oxygen atoms in total. The van der Waals surface area contributed by atoms with Crippen LogP contribution in [0.25, 0.3) is 0 Å². The highest BCUT2D eigenvalue weighted by atomic mass is 16.2. The lowest BCUT2D eigenvalue weighted by molar-refractivity contribution is -0.134. The fourth-order valence-electron chi connectivity index (χ4n) is 2.21. The van der Waals surface area contributed by atoms with Crippen molar-refractivity contribution in [2.24, 2.45) is 0 Å². The number of rotatable bonds is 3. The van der Waals surface area contributed by atoms with Gasteiger partial charge < -0.3 is 15.5 Å². The normalized spacial score (nSPS) is 15.1. The van der Waals surface area contributed by atoms with Crippen LogP contribution in [0, 0.1) is 0 Å². The Labute approximate surface area is 123 Å². The Balaban J connectivity index is 1.95. The van der Waals surface area contributed by atoms with Crippen molar-refractivity contribution in [2.45, 2.75) is 19.8 Å². The highest BCUT2D eigenvalue weighted by Gasteiger charge is 2.19. The Kier molecular flexibility index (Phi) is 4.92. The summed E-state index contributed by atoms with van der Waals surface area (Å²) >= 11 is 0. The highest BCUT2D eigenvalue weighted by Crippen LogP contribution is 2.11. The van der Waals surface area contributed by atoms with Crippen LogP contribution in [0.5, 0.6) is 0 Å². The number of hydrogen-bond acceptors (Lipinski definition) is 3. The summed E-state index contributed by atoms with van der Waals surface area (Å²) in [5.74, 6) is -0.296. The third-order valence-electron chi connectivity index (χ3n) is 3.24. The molecule has 0 bridgehead atoms. The molecule has 0 aromatic heterocycles. The molecule has 0 spiro atoms. The van der Waals surface area contributed by atoms with Gasteiger partial charge in [0.2, 0.25) is 17.7 Å². The van der Waals surface area contributed by atoms with E-state index in [4.69, 9.17) is 0 Å². The molecule has 2 rings (SSSR count). The summed E-state index contributed by atoms with van der Waals surface area (Å²) in [6.45, 7) is 2.79. The van der Waals surface area contributed by atoms with E-state index in [2.05, 4.69) is 10.6 Å². The van der Waals surface area contributed by atoms with Crippen LogP contribution < -0.4 is 10.6 Å². The summed E-state index contributed by atoms with van der Waals surface area (Å²) in [5.41, 5.74) is 1.56. The lowest BCUT2D eigenvalue weighted by atomic mass is 10.1. The van der Waals surface area contributed by atoms with Crippen LogP contribution in [0.4, 0.5) is 5.69 Å². The van der Waals surface area contributed by atoms with Crippen molar-refractivity contribution in [1.82, 2.24) is 10.2 Å². The maximum Gasteiger partial charge on any atom is 0.239 e. The second-order valence-electron chi connectivity index (χ2n) is 5.07. The molecule has 1 aromatic carbocycles. The van der Waals surface area contributed by atoms with E-state index in [1.54, 1.807) is 29.2 Å². The third kappa shape index (κ3) is 4.59. The third-order valence-corrected chi connectivity index (χ3v) is 3.24. The molecule has 112 valence electrons. The van der Waals surface area contributed by atoms with E-state index in [-0.39, 0.29) is 30.7 Å². The van der Waals surface area contributed by atoms with Crippen LogP contribution in [-0.4, -0.2) is 42.3 Å². The average molecular weight is 289 g/mol. The van der Waals surface area contributed by atoms with Gasteiger partial charge in [-0.3, -0.25) is 14.4 Å². The largest absolute Gasteiger partial charge is 0.354 e. The van der Waals surface area contributed by atoms with E-state index in [9.17, 15) is 14.4 Å². The number of nitrogens with one attached hydrogen (secondary N) is 2. The van der Waals surface area contributed by atoms with E-state index in [1.807, 2.05) is 0 Å². The lowest BCUT2D eigenvalue weighted by Crippen LogP contribution is -2.38. The zero-order valence-corrected chi connectivity index (χ0v) is 12.0. The number of carbonyl (C=O) groups is 3. The van der Waals surface area contributed by atoms with Crippen LogP contribution in [0.2, 0.25) is 0 Å². The van der Waals surface area contributed by atoms with Gasteiger partial charge in [-0.1, -0.05) is 12.1 Å². The monoisotopic (exact) mass is 289 g/mol. The first-order valence-electron chi connectivity index (χ1n) is 6.95. The first-order valence-corrected chi connectivity index (χ1v) is 6.95. The fraction of sp³-hybridized carbons (Fsp3) is 0.400. The quantitative estimate of drug-likeness (QED) is 0.852. The molecule has 1 fully saturated rings. The molecule has 1 heterocycles. The van der Waals surface area contributed by atoms with Crippen LogP contribution in [0.3, 0.4) is 0 Å². The molecule has 3 amide bonds. The molecule has 0 atom stereocenters. The molecule has 0 radical (unpaired) electrons. The Morgan fingerprint density at radius 2 is 2.00 bits per heavy atom. The van der Waals surface area contributed by atoms with E-state index in [1.165, 1.54) is 6.92 Å². The van der Waals surface area contributed by atoms with E-state index < -0.39 is 0 Å². The van der Waals surface area contributed by atoms with Crippen molar-refractivity contribution < 1.29 is 14.4 Å². The minimum Gasteiger partial charge on any atom is -0.354 e. The van der Waals surface area contributed by atoms with Gasteiger partial charge in [-0.05, 0) is 24.1 Å². The Morgan fingerprint density at radius 1 is 1.29 bits per heavy atom. The second kappa shape index (κ2) is 6.88. The van der Waals surface area contributed by atoms with E-state index in [0.717, 1.165) is 12.0 Å². The SMILES string of the molecule is CC(=O)Nc1ccc(CC(=O)N2CCCNC(=O)C2)cc1. The van der Waals surface area contributed by atoms with Gasteiger partial charge >= 0.3 is 0 Å². The van der Waals surface area contributed by atoms with Gasteiger partial charge in [0.05, 0.1) is 13.0 Å². The number of nitrogens with zero attached hydrogens (tertiary/aromatic N) is 1. The Bertz CT molecular complexity index is 540. The molecule has 6 heteroatoms. The highest BCUT2D eigenvalue weighted by molar-refractivity contribution is 5.89. The van der Waals surface area contributed by atoms with Gasteiger partial charge in [0.25, 0.3) is 0 Å². The van der Waals surface area contributed by atoms with E-state index in [0.29, 0.717) is 18.8 Å². The summed E-state index contributed by atoms with van der Waals surface area (Å²) in [5, 5.41) is 5.42. The maximum absolute atomic E-state index is 12.2. The predicted molar refractivity (Wildman–Crippen MR) is 78.7 cm³/mol. The molecule has 1 aromatic rings. The van der Waals surface area contributed by atoms with E-state index >= 15 is 0 Å². The van der Waals surface area contributed by atoms with Crippen molar-refractivity contribution in [3.05, 3.63) is 29.8 Å². The summed E-state index contributed by atoms with van der Waals surface area (Å²) in [6, 6.07) is 7.14. The summed E-state index contributed by atoms with van der Waals surface area (Å²) in [6.07, 6.45) is 1.03. The van der Waals surface area contributed by atoms with Crippen molar-refractivity contribution in [3.8, 4) is 0 Å². The van der Waals surface area contributed by atoms with Gasteiger partial charge in [0.15, 0.2) is 0 Å². The number of amides is 3. The average Bonchev–Trinajstić information content (AvgIpc) is 2.65. The van der Waals surface area contributed by atoms with Gasteiger partial charge in [-0.15, -0.1) is 0 Å². The summed E-state index contributed by atoms with van der Waals surface area (Å²) < 4.78 is 0. The first kappa shape index (κ1) is 15.0. The number of benzene rings is 1. The van der Waals surface area contributed by atoms with Crippen LogP contribution in [-0.2, 0) is 20.8 Å². The molecule has 2 N–H and O–H groups in total. The Morgan fingerprint density at radius 3 is 2.67 bits per heavy atom. The Hall–Kier alpha value is -2.37. The molecule has 1 aliphatic rings. The summed E-state index contributed by atoms with van der Waals surface area (Å²) in [7, 11) is 0. The molecular weight excluding hydrogens is 270 g/mol. The fourth-order valence-corrected chi connectivity index (χ4v) is 2.21. The minimum absolute atomic E-state index is 0.0562. The number of hydrogen-bond donors (Lipinski definition) is 2. The predicted octanol–water partition coefficient (Wildman–Crippen LogP) is 0.536. The van der Waals surface area contributed by atoms with Crippen molar-refractivity contribution >= 4 is 23.4 Å². The van der Waals surface area contributed by atoms with Gasteiger partial charge in [0.1, 0.15) is 0 Å². The number of carbonyl (C=O) groups excluding carboxylic acids is 3. The molecule has 0 unspecified atom stereocenters. The van der Waals surface area contributed by atoms with Crippen molar-refractivity contribution in [2.75, 3.05) is 25.0 Å². The van der Waals surface area contributed by atoms with Crippen LogP contribution in [0.15, 0.2) is 24.3 Å². The number of anilines is 1. The van der Waals surface area contributed by atoms with Gasteiger partial charge in [0, 0.05) is 25.7 Å². The zero-order valence-electron chi connectivity index (χ0n) is 12.0. The minimum atomic E-state index is -0.130. The molecule has 1 aliphatic heterocycles. The first-order chi connectivity index (χ1) is 10.0. The smallest absolute Gasteiger partial charge is 0.239 e. The molecule has 0 aliphatic carbocycles. The lowest BCUT2D eigenvalue weighted by Gasteiger charge is -2.19. The van der Waals surface area contributed by atoms with Gasteiger partial charge in [-0.25, -0.2) is 0 Å². The summed E-state index contributed by atoms with van der Waals surface area (Å²) in [4.78, 5) is 36.2. The molecular formula is C15H19N3O3.